The van der Waals surface area contributed by atoms with Crippen molar-refractivity contribution < 1.29 is 0 Å². The van der Waals surface area contributed by atoms with E-state index in [-0.39, 0.29) is 6.04 Å². The minimum Gasteiger partial charge on any atom is -0.398 e. The average molecular weight is 217 g/mol. The number of anilines is 1. The van der Waals surface area contributed by atoms with Crippen LogP contribution in [0.4, 0.5) is 5.69 Å². The quantitative estimate of drug-likeness (QED) is 0.710. The molecule has 0 aliphatic heterocycles. The van der Waals surface area contributed by atoms with E-state index < -0.39 is 0 Å². The zero-order valence-electron chi connectivity index (χ0n) is 9.14. The Balaban J connectivity index is 2.17. The molecule has 5 nitrogen and oxygen atoms in total. The zero-order valence-corrected chi connectivity index (χ0v) is 9.14. The summed E-state index contributed by atoms with van der Waals surface area (Å²) in [4.78, 5) is 11.4. The fourth-order valence-electron chi connectivity index (χ4n) is 1.63. The Bertz CT molecular complexity index is 437. The Morgan fingerprint density at radius 2 is 2.38 bits per heavy atom. The lowest BCUT2D eigenvalue weighted by atomic mass is 10.1. The van der Waals surface area contributed by atoms with Gasteiger partial charge in [-0.15, -0.1) is 0 Å². The lowest BCUT2D eigenvalue weighted by molar-refractivity contribution is 0.563. The van der Waals surface area contributed by atoms with Gasteiger partial charge in [0.15, 0.2) is 0 Å². The Labute approximate surface area is 94.1 Å². The summed E-state index contributed by atoms with van der Waals surface area (Å²) in [5.41, 5.74) is 7.67. The van der Waals surface area contributed by atoms with E-state index in [0.717, 1.165) is 23.5 Å². The number of hydrogen-bond donors (Lipinski definition) is 3. The summed E-state index contributed by atoms with van der Waals surface area (Å²) in [7, 11) is 1.90. The number of likely N-dealkylation sites (N-methyl/N-ethyl adjacent to an activating group) is 1. The molecule has 1 atom stereocenters. The highest BCUT2D eigenvalue weighted by molar-refractivity contribution is 5.44. The van der Waals surface area contributed by atoms with E-state index in [4.69, 9.17) is 5.73 Å². The first-order chi connectivity index (χ1) is 7.81. The molecule has 0 fully saturated rings. The van der Waals surface area contributed by atoms with E-state index in [1.807, 2.05) is 19.3 Å². The van der Waals surface area contributed by atoms with Gasteiger partial charge in [0.05, 0.1) is 6.04 Å². The van der Waals surface area contributed by atoms with Crippen molar-refractivity contribution in [2.75, 3.05) is 12.8 Å². The summed E-state index contributed by atoms with van der Waals surface area (Å²) in [6.45, 7) is 0. The smallest absolute Gasteiger partial charge is 0.123 e. The van der Waals surface area contributed by atoms with Gasteiger partial charge >= 0.3 is 0 Å². The number of nitrogens with two attached hydrogens (primary N) is 1. The van der Waals surface area contributed by atoms with Crippen LogP contribution in [-0.2, 0) is 6.42 Å². The summed E-state index contributed by atoms with van der Waals surface area (Å²) in [5, 5.41) is 3.20. The van der Waals surface area contributed by atoms with Crippen molar-refractivity contribution in [2.24, 2.45) is 0 Å². The molecule has 0 amide bonds. The molecule has 4 N–H and O–H groups in total. The standard InChI is InChI=1S/C11H15N5/c1-13-10(11-15-4-5-16-11)6-8-7-14-3-2-9(8)12/h2-5,7,10,13H,6H2,1H3,(H2,12,14)(H,15,16). The van der Waals surface area contributed by atoms with Gasteiger partial charge in [-0.25, -0.2) is 4.98 Å². The fraction of sp³-hybridized carbons (Fsp3) is 0.273. The maximum atomic E-state index is 5.88. The van der Waals surface area contributed by atoms with Gasteiger partial charge in [-0.05, 0) is 25.1 Å². The summed E-state index contributed by atoms with van der Waals surface area (Å²) in [6.07, 6.45) is 7.81. The third-order valence-corrected chi connectivity index (χ3v) is 2.56. The van der Waals surface area contributed by atoms with Gasteiger partial charge in [0.25, 0.3) is 0 Å². The predicted octanol–water partition coefficient (Wildman–Crippen LogP) is 0.890. The Morgan fingerprint density at radius 1 is 1.50 bits per heavy atom. The van der Waals surface area contributed by atoms with Gasteiger partial charge in [-0.1, -0.05) is 0 Å². The maximum Gasteiger partial charge on any atom is 0.123 e. The van der Waals surface area contributed by atoms with E-state index in [1.165, 1.54) is 0 Å². The third kappa shape index (κ3) is 2.20. The molecule has 2 aromatic rings. The highest BCUT2D eigenvalue weighted by Crippen LogP contribution is 2.18. The SMILES string of the molecule is CNC(Cc1cnccc1N)c1ncc[nH]1. The number of aromatic amines is 1. The molecule has 0 saturated carbocycles. The second-order valence-electron chi connectivity index (χ2n) is 3.59. The number of pyridine rings is 1. The van der Waals surface area contributed by atoms with E-state index in [1.54, 1.807) is 18.6 Å². The fourth-order valence-corrected chi connectivity index (χ4v) is 1.63. The minimum atomic E-state index is 0.126. The first kappa shape index (κ1) is 10.6. The van der Waals surface area contributed by atoms with E-state index >= 15 is 0 Å². The van der Waals surface area contributed by atoms with Crippen LogP contribution in [0.3, 0.4) is 0 Å². The molecule has 0 aromatic carbocycles. The van der Waals surface area contributed by atoms with E-state index in [9.17, 15) is 0 Å². The van der Waals surface area contributed by atoms with Crippen LogP contribution in [0.5, 0.6) is 0 Å². The van der Waals surface area contributed by atoms with Crippen molar-refractivity contribution in [1.29, 1.82) is 0 Å². The normalized spacial score (nSPS) is 12.6. The second kappa shape index (κ2) is 4.76. The molecule has 1 unspecified atom stereocenters. The van der Waals surface area contributed by atoms with Crippen LogP contribution in [0, 0.1) is 0 Å². The molecular formula is C11H15N5. The molecule has 0 aliphatic carbocycles. The molecule has 0 saturated heterocycles. The zero-order chi connectivity index (χ0) is 11.4. The molecule has 2 heterocycles. The number of rotatable bonds is 4. The molecule has 2 rings (SSSR count). The summed E-state index contributed by atoms with van der Waals surface area (Å²) < 4.78 is 0. The van der Waals surface area contributed by atoms with Crippen molar-refractivity contribution >= 4 is 5.69 Å². The van der Waals surface area contributed by atoms with Crippen LogP contribution in [0.2, 0.25) is 0 Å². The van der Waals surface area contributed by atoms with Crippen molar-refractivity contribution in [3.63, 3.8) is 0 Å². The number of nitrogens with one attached hydrogen (secondary N) is 2. The Morgan fingerprint density at radius 3 is 3.00 bits per heavy atom. The van der Waals surface area contributed by atoms with Crippen LogP contribution < -0.4 is 11.1 Å². The Kier molecular flexibility index (Phi) is 3.16. The highest BCUT2D eigenvalue weighted by Gasteiger charge is 2.13. The van der Waals surface area contributed by atoms with Crippen molar-refractivity contribution in [2.45, 2.75) is 12.5 Å². The average Bonchev–Trinajstić information content (AvgIpc) is 2.81. The topological polar surface area (TPSA) is 79.6 Å². The molecule has 0 spiro atoms. The summed E-state index contributed by atoms with van der Waals surface area (Å²) >= 11 is 0. The van der Waals surface area contributed by atoms with Gasteiger partial charge < -0.3 is 16.0 Å². The van der Waals surface area contributed by atoms with E-state index in [0.29, 0.717) is 0 Å². The van der Waals surface area contributed by atoms with Gasteiger partial charge in [-0.2, -0.15) is 0 Å². The number of aromatic nitrogens is 3. The largest absolute Gasteiger partial charge is 0.398 e. The monoisotopic (exact) mass is 217 g/mol. The van der Waals surface area contributed by atoms with Crippen molar-refractivity contribution in [3.8, 4) is 0 Å². The molecule has 2 aromatic heterocycles. The van der Waals surface area contributed by atoms with Crippen LogP contribution >= 0.6 is 0 Å². The van der Waals surface area contributed by atoms with Gasteiger partial charge in [0.2, 0.25) is 0 Å². The first-order valence-electron chi connectivity index (χ1n) is 5.16. The molecular weight excluding hydrogens is 202 g/mol. The van der Waals surface area contributed by atoms with Crippen LogP contribution in [0.1, 0.15) is 17.4 Å². The predicted molar refractivity (Wildman–Crippen MR) is 62.7 cm³/mol. The molecule has 0 aliphatic rings. The van der Waals surface area contributed by atoms with Gasteiger partial charge in [0.1, 0.15) is 5.82 Å². The van der Waals surface area contributed by atoms with Crippen LogP contribution in [0.25, 0.3) is 0 Å². The van der Waals surface area contributed by atoms with Gasteiger partial charge in [0, 0.05) is 30.5 Å². The number of H-pyrrole nitrogens is 1. The summed E-state index contributed by atoms with van der Waals surface area (Å²) in [5.74, 6) is 0.908. The first-order valence-corrected chi connectivity index (χ1v) is 5.16. The number of nitrogen functional groups attached to an aromatic ring is 1. The van der Waals surface area contributed by atoms with Crippen LogP contribution in [-0.4, -0.2) is 22.0 Å². The molecule has 84 valence electrons. The van der Waals surface area contributed by atoms with Crippen molar-refractivity contribution in [3.05, 3.63) is 42.2 Å². The Hall–Kier alpha value is -1.88. The third-order valence-electron chi connectivity index (χ3n) is 2.56. The molecule has 16 heavy (non-hydrogen) atoms. The number of nitrogens with zero attached hydrogens (tertiary/aromatic N) is 2. The van der Waals surface area contributed by atoms with Gasteiger partial charge in [-0.3, -0.25) is 4.98 Å². The number of imidazole rings is 1. The molecule has 0 bridgehead atoms. The second-order valence-corrected chi connectivity index (χ2v) is 3.59. The minimum absolute atomic E-state index is 0.126. The lowest BCUT2D eigenvalue weighted by Gasteiger charge is -2.14. The maximum absolute atomic E-state index is 5.88. The lowest BCUT2D eigenvalue weighted by Crippen LogP contribution is -2.20. The number of hydrogen-bond acceptors (Lipinski definition) is 4. The van der Waals surface area contributed by atoms with Crippen molar-refractivity contribution in [1.82, 2.24) is 20.3 Å². The van der Waals surface area contributed by atoms with E-state index in [2.05, 4.69) is 20.3 Å². The summed E-state index contributed by atoms with van der Waals surface area (Å²) in [6, 6.07) is 1.94. The highest BCUT2D eigenvalue weighted by atomic mass is 15.0. The molecule has 0 radical (unpaired) electrons. The molecule has 5 heteroatoms. The van der Waals surface area contributed by atoms with Crippen LogP contribution in [0.15, 0.2) is 30.9 Å².